The fraction of sp³-hybridized carbons (Fsp3) is 0.526. The Labute approximate surface area is 157 Å². The Morgan fingerprint density at radius 2 is 1.96 bits per heavy atom. The van der Waals surface area contributed by atoms with Crippen molar-refractivity contribution < 1.29 is 18.8 Å². The molecular formula is C19H25FN4O3. The van der Waals surface area contributed by atoms with Gasteiger partial charge < -0.3 is 20.9 Å². The third kappa shape index (κ3) is 5.50. The average Bonchev–Trinajstić information content (AvgIpc) is 3.08. The normalized spacial score (nSPS) is 20.2. The van der Waals surface area contributed by atoms with E-state index < -0.39 is 17.8 Å². The maximum atomic E-state index is 13.9. The van der Waals surface area contributed by atoms with E-state index in [1.807, 2.05) is 0 Å². The molecule has 0 saturated carbocycles. The molecule has 2 heterocycles. The Morgan fingerprint density at radius 1 is 1.19 bits per heavy atom. The summed E-state index contributed by atoms with van der Waals surface area (Å²) in [7, 11) is 0. The SMILES string of the molecule is O=C1CCC(C(=O)Nc2cc(F)cc(C(=O)NCCN3CCCCC3)c2)N1. The van der Waals surface area contributed by atoms with Gasteiger partial charge in [0.05, 0.1) is 0 Å². The van der Waals surface area contributed by atoms with E-state index in [1.165, 1.54) is 25.3 Å². The lowest BCUT2D eigenvalue weighted by Gasteiger charge is -2.26. The summed E-state index contributed by atoms with van der Waals surface area (Å²) in [6.07, 6.45) is 4.33. The minimum atomic E-state index is -0.623. The Morgan fingerprint density at radius 3 is 2.67 bits per heavy atom. The first-order chi connectivity index (χ1) is 13.0. The first-order valence-corrected chi connectivity index (χ1v) is 9.42. The van der Waals surface area contributed by atoms with Crippen LogP contribution in [0.4, 0.5) is 10.1 Å². The molecule has 146 valence electrons. The number of hydrogen-bond donors (Lipinski definition) is 3. The van der Waals surface area contributed by atoms with Crippen molar-refractivity contribution in [3.63, 3.8) is 0 Å². The van der Waals surface area contributed by atoms with E-state index in [0.29, 0.717) is 19.4 Å². The molecule has 0 radical (unpaired) electrons. The van der Waals surface area contributed by atoms with Crippen molar-refractivity contribution >= 4 is 23.4 Å². The molecule has 0 aliphatic carbocycles. The van der Waals surface area contributed by atoms with Gasteiger partial charge in [0, 0.05) is 30.8 Å². The predicted octanol–water partition coefficient (Wildman–Crippen LogP) is 1.26. The summed E-state index contributed by atoms with van der Waals surface area (Å²) in [6.45, 7) is 3.35. The van der Waals surface area contributed by atoms with Gasteiger partial charge in [-0.25, -0.2) is 4.39 Å². The zero-order chi connectivity index (χ0) is 19.2. The number of benzene rings is 1. The first-order valence-electron chi connectivity index (χ1n) is 9.42. The summed E-state index contributed by atoms with van der Waals surface area (Å²) < 4.78 is 13.9. The third-order valence-corrected chi connectivity index (χ3v) is 4.90. The van der Waals surface area contributed by atoms with Crippen molar-refractivity contribution in [2.24, 2.45) is 0 Å². The number of carbonyl (C=O) groups excluding carboxylic acids is 3. The molecule has 2 fully saturated rings. The van der Waals surface area contributed by atoms with Crippen molar-refractivity contribution in [3.05, 3.63) is 29.6 Å². The Bertz CT molecular complexity index is 719. The highest BCUT2D eigenvalue weighted by molar-refractivity contribution is 6.00. The Hall–Kier alpha value is -2.48. The highest BCUT2D eigenvalue weighted by Crippen LogP contribution is 2.16. The third-order valence-electron chi connectivity index (χ3n) is 4.90. The molecule has 1 unspecified atom stereocenters. The van der Waals surface area contributed by atoms with Crippen LogP contribution in [0.5, 0.6) is 0 Å². The molecule has 7 nitrogen and oxygen atoms in total. The minimum Gasteiger partial charge on any atom is -0.351 e. The number of nitrogens with zero attached hydrogens (tertiary/aromatic N) is 1. The lowest BCUT2D eigenvalue weighted by atomic mass is 10.1. The molecule has 1 aromatic carbocycles. The minimum absolute atomic E-state index is 0.152. The highest BCUT2D eigenvalue weighted by Gasteiger charge is 2.27. The van der Waals surface area contributed by atoms with Crippen LogP contribution < -0.4 is 16.0 Å². The van der Waals surface area contributed by atoms with Crippen LogP contribution in [0.2, 0.25) is 0 Å². The first kappa shape index (κ1) is 19.3. The lowest BCUT2D eigenvalue weighted by molar-refractivity contribution is -0.122. The second-order valence-electron chi connectivity index (χ2n) is 7.03. The monoisotopic (exact) mass is 376 g/mol. The van der Waals surface area contributed by atoms with Crippen LogP contribution in [-0.2, 0) is 9.59 Å². The molecule has 1 aromatic rings. The Balaban J connectivity index is 1.54. The van der Waals surface area contributed by atoms with Gasteiger partial charge in [0.1, 0.15) is 11.9 Å². The number of amides is 3. The topological polar surface area (TPSA) is 90.5 Å². The molecule has 0 bridgehead atoms. The number of halogens is 1. The van der Waals surface area contributed by atoms with Crippen molar-refractivity contribution in [1.29, 1.82) is 0 Å². The molecular weight excluding hydrogens is 351 g/mol. The van der Waals surface area contributed by atoms with Crippen LogP contribution in [0.15, 0.2) is 18.2 Å². The fourth-order valence-electron chi connectivity index (χ4n) is 3.45. The molecule has 0 spiro atoms. The van der Waals surface area contributed by atoms with E-state index in [4.69, 9.17) is 0 Å². The molecule has 3 rings (SSSR count). The van der Waals surface area contributed by atoms with Crippen molar-refractivity contribution in [2.45, 2.75) is 38.1 Å². The molecule has 2 saturated heterocycles. The largest absolute Gasteiger partial charge is 0.351 e. The van der Waals surface area contributed by atoms with Crippen molar-refractivity contribution in [2.75, 3.05) is 31.5 Å². The van der Waals surface area contributed by atoms with Crippen LogP contribution in [-0.4, -0.2) is 54.8 Å². The fourth-order valence-corrected chi connectivity index (χ4v) is 3.45. The Kier molecular flexibility index (Phi) is 6.39. The van der Waals surface area contributed by atoms with Crippen LogP contribution in [0.1, 0.15) is 42.5 Å². The standard InChI is InChI=1S/C19H25FN4O3/c20-14-10-13(18(26)21-6-9-24-7-2-1-3-8-24)11-15(12-14)22-19(27)16-4-5-17(25)23-16/h10-12,16H,1-9H2,(H,21,26)(H,22,27)(H,23,25). The summed E-state index contributed by atoms with van der Waals surface area (Å²) in [5, 5.41) is 7.92. The molecule has 8 heteroatoms. The van der Waals surface area contributed by atoms with Gasteiger partial charge in [0.15, 0.2) is 0 Å². The number of likely N-dealkylation sites (tertiary alicyclic amines) is 1. The number of piperidine rings is 1. The molecule has 3 N–H and O–H groups in total. The molecule has 0 aromatic heterocycles. The van der Waals surface area contributed by atoms with E-state index in [9.17, 15) is 18.8 Å². The lowest BCUT2D eigenvalue weighted by Crippen LogP contribution is -2.38. The summed E-state index contributed by atoms with van der Waals surface area (Å²) in [5.74, 6) is -1.58. The maximum absolute atomic E-state index is 13.9. The van der Waals surface area contributed by atoms with Crippen LogP contribution in [0, 0.1) is 5.82 Å². The second-order valence-corrected chi connectivity index (χ2v) is 7.03. The predicted molar refractivity (Wildman–Crippen MR) is 98.8 cm³/mol. The molecule has 27 heavy (non-hydrogen) atoms. The van der Waals surface area contributed by atoms with Gasteiger partial charge in [-0.1, -0.05) is 6.42 Å². The van der Waals surface area contributed by atoms with Gasteiger partial charge in [-0.05, 0) is 50.6 Å². The molecule has 3 amide bonds. The van der Waals surface area contributed by atoms with Gasteiger partial charge in [0.2, 0.25) is 11.8 Å². The molecule has 2 aliphatic rings. The average molecular weight is 376 g/mol. The summed E-state index contributed by atoms with van der Waals surface area (Å²) in [4.78, 5) is 38.0. The van der Waals surface area contributed by atoms with E-state index in [0.717, 1.165) is 31.8 Å². The van der Waals surface area contributed by atoms with E-state index in [2.05, 4.69) is 20.9 Å². The molecule has 2 aliphatic heterocycles. The summed E-state index contributed by atoms with van der Waals surface area (Å²) in [6, 6.07) is 3.11. The highest BCUT2D eigenvalue weighted by atomic mass is 19.1. The zero-order valence-electron chi connectivity index (χ0n) is 15.2. The summed E-state index contributed by atoms with van der Waals surface area (Å²) >= 11 is 0. The second kappa shape index (κ2) is 8.94. The van der Waals surface area contributed by atoms with Gasteiger partial charge >= 0.3 is 0 Å². The number of nitrogens with one attached hydrogen (secondary N) is 3. The van der Waals surface area contributed by atoms with Crippen molar-refractivity contribution in [3.8, 4) is 0 Å². The van der Waals surface area contributed by atoms with E-state index >= 15 is 0 Å². The van der Waals surface area contributed by atoms with Gasteiger partial charge in [-0.15, -0.1) is 0 Å². The number of rotatable bonds is 6. The van der Waals surface area contributed by atoms with Gasteiger partial charge in [0.25, 0.3) is 5.91 Å². The maximum Gasteiger partial charge on any atom is 0.251 e. The van der Waals surface area contributed by atoms with Crippen LogP contribution in [0.25, 0.3) is 0 Å². The van der Waals surface area contributed by atoms with E-state index in [-0.39, 0.29) is 23.1 Å². The zero-order valence-corrected chi connectivity index (χ0v) is 15.2. The van der Waals surface area contributed by atoms with Gasteiger partial charge in [-0.2, -0.15) is 0 Å². The van der Waals surface area contributed by atoms with Crippen molar-refractivity contribution in [1.82, 2.24) is 15.5 Å². The number of anilines is 1. The summed E-state index contributed by atoms with van der Waals surface area (Å²) in [5.41, 5.74) is 0.349. The van der Waals surface area contributed by atoms with Crippen LogP contribution in [0.3, 0.4) is 0 Å². The van der Waals surface area contributed by atoms with Gasteiger partial charge in [-0.3, -0.25) is 14.4 Å². The number of hydrogen-bond acceptors (Lipinski definition) is 4. The van der Waals surface area contributed by atoms with E-state index in [1.54, 1.807) is 0 Å². The number of carbonyl (C=O) groups is 3. The smallest absolute Gasteiger partial charge is 0.251 e. The quantitative estimate of drug-likeness (QED) is 0.697. The molecule has 1 atom stereocenters. The van der Waals surface area contributed by atoms with Crippen LogP contribution >= 0.6 is 0 Å².